The maximum atomic E-state index is 5.15. The summed E-state index contributed by atoms with van der Waals surface area (Å²) in [5.41, 5.74) is 1.40. The van der Waals surface area contributed by atoms with E-state index in [2.05, 4.69) is 48.6 Å². The Kier molecular flexibility index (Phi) is 3.38. The van der Waals surface area contributed by atoms with Crippen LogP contribution in [0, 0.1) is 0 Å². The minimum Gasteiger partial charge on any atom is -0.469 e. The molecule has 2 heteroatoms. The Balaban J connectivity index is 1.73. The van der Waals surface area contributed by atoms with Crippen LogP contribution in [-0.4, -0.2) is 18.5 Å². The van der Waals surface area contributed by atoms with Gasteiger partial charge in [-0.05, 0) is 31.7 Å². The lowest BCUT2D eigenvalue weighted by atomic mass is 10.0. The maximum absolute atomic E-state index is 5.15. The van der Waals surface area contributed by atoms with Crippen molar-refractivity contribution in [3.63, 3.8) is 0 Å². The number of hydrogen-bond acceptors (Lipinski definition) is 2. The summed E-state index contributed by atoms with van der Waals surface area (Å²) < 4.78 is 5.15. The first-order chi connectivity index (χ1) is 7.36. The first-order valence-corrected chi connectivity index (χ1v) is 5.50. The molecule has 0 aliphatic carbocycles. The second-order valence-electron chi connectivity index (χ2n) is 3.99. The molecule has 79 valence electrons. The van der Waals surface area contributed by atoms with Crippen LogP contribution in [0.15, 0.2) is 35.3 Å². The molecule has 0 saturated carbocycles. The number of benzene rings is 1. The van der Waals surface area contributed by atoms with E-state index < -0.39 is 0 Å². The maximum Gasteiger partial charge on any atom is 0.273 e. The SMILES string of the molecule is CC1O[C]=NC1CCCc1ccccc1. The fraction of sp³-hybridized carbons (Fsp3) is 0.462. The molecule has 0 N–H and O–H groups in total. The Bertz CT molecular complexity index is 321. The average Bonchev–Trinajstić information content (AvgIpc) is 2.66. The lowest BCUT2D eigenvalue weighted by Gasteiger charge is -2.11. The number of aliphatic imine (C=N–C) groups is 1. The molecule has 1 aromatic carbocycles. The van der Waals surface area contributed by atoms with Crippen LogP contribution in [0.5, 0.6) is 0 Å². The molecule has 2 rings (SSSR count). The van der Waals surface area contributed by atoms with E-state index >= 15 is 0 Å². The molecule has 1 heterocycles. The van der Waals surface area contributed by atoms with Crippen LogP contribution in [0.25, 0.3) is 0 Å². The van der Waals surface area contributed by atoms with Crippen molar-refractivity contribution in [1.82, 2.24) is 0 Å². The van der Waals surface area contributed by atoms with E-state index in [1.807, 2.05) is 0 Å². The van der Waals surface area contributed by atoms with E-state index in [4.69, 9.17) is 4.74 Å². The topological polar surface area (TPSA) is 21.6 Å². The van der Waals surface area contributed by atoms with Crippen LogP contribution in [0.3, 0.4) is 0 Å². The largest absolute Gasteiger partial charge is 0.469 e. The normalized spacial score (nSPS) is 24.1. The summed E-state index contributed by atoms with van der Waals surface area (Å²) in [7, 11) is 0. The molecule has 0 saturated heterocycles. The summed E-state index contributed by atoms with van der Waals surface area (Å²) in [6.07, 6.45) is 6.18. The fourth-order valence-corrected chi connectivity index (χ4v) is 1.82. The molecule has 1 aliphatic heterocycles. The molecule has 1 aliphatic rings. The average molecular weight is 202 g/mol. The van der Waals surface area contributed by atoms with E-state index in [1.165, 1.54) is 5.56 Å². The second kappa shape index (κ2) is 4.96. The van der Waals surface area contributed by atoms with E-state index in [-0.39, 0.29) is 6.10 Å². The van der Waals surface area contributed by atoms with Crippen molar-refractivity contribution in [2.24, 2.45) is 4.99 Å². The van der Waals surface area contributed by atoms with Crippen LogP contribution in [-0.2, 0) is 11.2 Å². The third kappa shape index (κ3) is 2.82. The Hall–Kier alpha value is -1.31. The van der Waals surface area contributed by atoms with Crippen LogP contribution in [0.1, 0.15) is 25.3 Å². The minimum absolute atomic E-state index is 0.209. The first kappa shape index (κ1) is 10.2. The number of hydrogen-bond donors (Lipinski definition) is 0. The second-order valence-corrected chi connectivity index (χ2v) is 3.99. The van der Waals surface area contributed by atoms with Crippen molar-refractivity contribution in [2.75, 3.05) is 0 Å². The summed E-state index contributed by atoms with van der Waals surface area (Å²) in [6, 6.07) is 10.9. The van der Waals surface area contributed by atoms with Crippen molar-refractivity contribution >= 4 is 6.40 Å². The molecule has 2 nitrogen and oxygen atoms in total. The minimum atomic E-state index is 0.209. The van der Waals surface area contributed by atoms with Gasteiger partial charge in [-0.1, -0.05) is 30.3 Å². The summed E-state index contributed by atoms with van der Waals surface area (Å²) in [5.74, 6) is 0. The monoisotopic (exact) mass is 202 g/mol. The van der Waals surface area contributed by atoms with Crippen LogP contribution in [0.2, 0.25) is 0 Å². The molecular weight excluding hydrogens is 186 g/mol. The number of aryl methyl sites for hydroxylation is 1. The summed E-state index contributed by atoms with van der Waals surface area (Å²) in [4.78, 5) is 4.18. The van der Waals surface area contributed by atoms with Gasteiger partial charge in [-0.2, -0.15) is 0 Å². The molecular formula is C13H16NO. The van der Waals surface area contributed by atoms with Gasteiger partial charge in [0.15, 0.2) is 0 Å². The van der Waals surface area contributed by atoms with Gasteiger partial charge in [-0.15, -0.1) is 0 Å². The lowest BCUT2D eigenvalue weighted by molar-refractivity contribution is 0.215. The number of ether oxygens (including phenoxy) is 1. The van der Waals surface area contributed by atoms with Gasteiger partial charge in [0, 0.05) is 0 Å². The van der Waals surface area contributed by atoms with Gasteiger partial charge in [-0.25, -0.2) is 4.99 Å². The van der Waals surface area contributed by atoms with E-state index in [0.29, 0.717) is 6.04 Å². The molecule has 1 radical (unpaired) electrons. The molecule has 0 fully saturated rings. The molecule has 2 unspecified atom stereocenters. The summed E-state index contributed by atoms with van der Waals surface area (Å²) in [6.45, 7) is 2.05. The predicted octanol–water partition coefficient (Wildman–Crippen LogP) is 2.70. The van der Waals surface area contributed by atoms with E-state index in [9.17, 15) is 0 Å². The fourth-order valence-electron chi connectivity index (χ4n) is 1.82. The van der Waals surface area contributed by atoms with Crippen molar-refractivity contribution < 1.29 is 4.74 Å². The zero-order valence-electron chi connectivity index (χ0n) is 9.02. The summed E-state index contributed by atoms with van der Waals surface area (Å²) >= 11 is 0. The highest BCUT2D eigenvalue weighted by Crippen LogP contribution is 2.16. The predicted molar refractivity (Wildman–Crippen MR) is 61.2 cm³/mol. The Morgan fingerprint density at radius 3 is 2.80 bits per heavy atom. The highest BCUT2D eigenvalue weighted by molar-refractivity contribution is 5.49. The lowest BCUT2D eigenvalue weighted by Crippen LogP contribution is -2.17. The molecule has 0 bridgehead atoms. The van der Waals surface area contributed by atoms with Gasteiger partial charge in [0.1, 0.15) is 6.10 Å². The quantitative estimate of drug-likeness (QED) is 0.735. The highest BCUT2D eigenvalue weighted by Gasteiger charge is 2.21. The standard InChI is InChI=1S/C13H16NO/c1-11-13(14-10-15-11)9-5-8-12-6-3-2-4-7-12/h2-4,6-7,11,13H,5,8-9H2,1H3. The third-order valence-electron chi connectivity index (χ3n) is 2.81. The van der Waals surface area contributed by atoms with Gasteiger partial charge in [0.05, 0.1) is 6.04 Å². The van der Waals surface area contributed by atoms with Gasteiger partial charge < -0.3 is 4.74 Å². The zero-order chi connectivity index (χ0) is 10.5. The Labute approximate surface area is 91.0 Å². The van der Waals surface area contributed by atoms with Crippen LogP contribution in [0.4, 0.5) is 0 Å². The molecule has 0 spiro atoms. The molecule has 0 aromatic heterocycles. The van der Waals surface area contributed by atoms with Crippen molar-refractivity contribution in [1.29, 1.82) is 0 Å². The van der Waals surface area contributed by atoms with Crippen molar-refractivity contribution in [2.45, 2.75) is 38.3 Å². The summed E-state index contributed by atoms with van der Waals surface area (Å²) in [5, 5.41) is 0. The molecule has 0 amide bonds. The molecule has 15 heavy (non-hydrogen) atoms. The van der Waals surface area contributed by atoms with Crippen molar-refractivity contribution in [3.8, 4) is 0 Å². The zero-order valence-corrected chi connectivity index (χ0v) is 9.02. The van der Waals surface area contributed by atoms with E-state index in [0.717, 1.165) is 19.3 Å². The smallest absolute Gasteiger partial charge is 0.273 e. The Morgan fingerprint density at radius 2 is 2.13 bits per heavy atom. The Morgan fingerprint density at radius 1 is 1.33 bits per heavy atom. The van der Waals surface area contributed by atoms with Gasteiger partial charge in [0.25, 0.3) is 6.40 Å². The van der Waals surface area contributed by atoms with Crippen molar-refractivity contribution in [3.05, 3.63) is 35.9 Å². The third-order valence-corrected chi connectivity index (χ3v) is 2.81. The number of rotatable bonds is 4. The van der Waals surface area contributed by atoms with E-state index in [1.54, 1.807) is 0 Å². The highest BCUT2D eigenvalue weighted by atomic mass is 16.5. The van der Waals surface area contributed by atoms with Gasteiger partial charge in [0.2, 0.25) is 0 Å². The van der Waals surface area contributed by atoms with Crippen LogP contribution >= 0.6 is 0 Å². The van der Waals surface area contributed by atoms with Gasteiger partial charge >= 0.3 is 0 Å². The van der Waals surface area contributed by atoms with Gasteiger partial charge in [-0.3, -0.25) is 0 Å². The molecule has 1 aromatic rings. The first-order valence-electron chi connectivity index (χ1n) is 5.50. The number of nitrogens with zero attached hydrogens (tertiary/aromatic N) is 1. The molecule has 2 atom stereocenters. The van der Waals surface area contributed by atoms with Crippen LogP contribution < -0.4 is 0 Å².